The number of benzene rings is 2. The number of rotatable bonds is 9. The molecule has 2 aromatic rings. The average Bonchev–Trinajstić information content (AvgIpc) is 2.59. The van der Waals surface area contributed by atoms with E-state index in [0.29, 0.717) is 5.92 Å². The molecule has 0 saturated carbocycles. The Morgan fingerprint density at radius 1 is 1.12 bits per heavy atom. The monoisotopic (exact) mass is 389 g/mol. The number of halogens is 1. The Morgan fingerprint density at radius 2 is 1.92 bits per heavy atom. The van der Waals surface area contributed by atoms with Crippen LogP contribution in [-0.4, -0.2) is 25.1 Å². The molecule has 1 atom stereocenters. The Bertz CT molecular complexity index is 629. The summed E-state index contributed by atoms with van der Waals surface area (Å²) in [5.74, 6) is 1.69. The lowest BCUT2D eigenvalue weighted by atomic mass is 10.1. The first-order valence-electron chi connectivity index (χ1n) is 8.71. The number of ether oxygens (including phenoxy) is 1. The quantitative estimate of drug-likeness (QED) is 0.557. The van der Waals surface area contributed by atoms with Gasteiger partial charge in [-0.2, -0.15) is 0 Å². The predicted octanol–water partition coefficient (Wildman–Crippen LogP) is 5.55. The summed E-state index contributed by atoms with van der Waals surface area (Å²) >= 11 is 3.58. The van der Waals surface area contributed by atoms with Gasteiger partial charge in [-0.1, -0.05) is 66.5 Å². The maximum Gasteiger partial charge on any atom is 0.122 e. The Kier molecular flexibility index (Phi) is 7.80. The molecule has 24 heavy (non-hydrogen) atoms. The topological polar surface area (TPSA) is 12.5 Å². The van der Waals surface area contributed by atoms with Gasteiger partial charge < -0.3 is 4.74 Å². The second kappa shape index (κ2) is 9.85. The highest BCUT2D eigenvalue weighted by atomic mass is 79.9. The van der Waals surface area contributed by atoms with E-state index in [1.165, 1.54) is 17.5 Å². The molecular formula is C21H28BrNO. The lowest BCUT2D eigenvalue weighted by molar-refractivity contribution is 0.228. The summed E-state index contributed by atoms with van der Waals surface area (Å²) in [6.45, 7) is 7.74. The zero-order chi connectivity index (χ0) is 17.4. The van der Waals surface area contributed by atoms with Crippen LogP contribution in [0.5, 0.6) is 5.75 Å². The molecular weight excluding hydrogens is 362 g/mol. The van der Waals surface area contributed by atoms with E-state index < -0.39 is 0 Å². The van der Waals surface area contributed by atoms with Gasteiger partial charge in [0.1, 0.15) is 5.75 Å². The molecule has 0 radical (unpaired) electrons. The molecule has 1 unspecified atom stereocenters. The number of methoxy groups -OCH3 is 1. The second-order valence-electron chi connectivity index (χ2n) is 6.44. The summed E-state index contributed by atoms with van der Waals surface area (Å²) in [5, 5.41) is 0. The summed E-state index contributed by atoms with van der Waals surface area (Å²) in [7, 11) is 1.75. The minimum absolute atomic E-state index is 0.704. The molecule has 0 heterocycles. The van der Waals surface area contributed by atoms with Gasteiger partial charge in [-0.25, -0.2) is 0 Å². The Labute approximate surface area is 155 Å². The minimum Gasteiger partial charge on any atom is -0.496 e. The Balaban J connectivity index is 2.05. The van der Waals surface area contributed by atoms with E-state index in [1.54, 1.807) is 7.11 Å². The van der Waals surface area contributed by atoms with Gasteiger partial charge in [0.15, 0.2) is 0 Å². The van der Waals surface area contributed by atoms with Crippen molar-refractivity contribution < 1.29 is 4.74 Å². The fraction of sp³-hybridized carbons (Fsp3) is 0.429. The van der Waals surface area contributed by atoms with Gasteiger partial charge in [-0.05, 0) is 41.7 Å². The molecule has 0 aromatic heterocycles. The van der Waals surface area contributed by atoms with Crippen LogP contribution in [0, 0.1) is 5.92 Å². The molecule has 0 aliphatic heterocycles. The molecule has 0 saturated heterocycles. The lowest BCUT2D eigenvalue weighted by Crippen LogP contribution is -2.30. The molecule has 2 rings (SSSR count). The van der Waals surface area contributed by atoms with Crippen LogP contribution in [0.15, 0.2) is 53.0 Å². The van der Waals surface area contributed by atoms with Crippen molar-refractivity contribution >= 4 is 15.9 Å². The van der Waals surface area contributed by atoms with Crippen molar-refractivity contribution in [1.29, 1.82) is 0 Å². The molecule has 0 N–H and O–H groups in total. The van der Waals surface area contributed by atoms with Crippen molar-refractivity contribution in [3.05, 3.63) is 64.1 Å². The number of para-hydroxylation sites is 1. The molecule has 2 nitrogen and oxygen atoms in total. The fourth-order valence-corrected chi connectivity index (χ4v) is 3.33. The van der Waals surface area contributed by atoms with Crippen molar-refractivity contribution in [2.45, 2.75) is 33.2 Å². The normalized spacial score (nSPS) is 12.4. The maximum absolute atomic E-state index is 5.49. The predicted molar refractivity (Wildman–Crippen MR) is 106 cm³/mol. The summed E-state index contributed by atoms with van der Waals surface area (Å²) in [5.41, 5.74) is 2.64. The van der Waals surface area contributed by atoms with Crippen molar-refractivity contribution in [3.63, 3.8) is 0 Å². The fourth-order valence-electron chi connectivity index (χ4n) is 2.89. The van der Waals surface area contributed by atoms with Crippen LogP contribution >= 0.6 is 15.9 Å². The maximum atomic E-state index is 5.49. The SMILES string of the molecule is CCC(C)CN(CCc1ccccc1OC)Cc1cccc(Br)c1. The van der Waals surface area contributed by atoms with Crippen molar-refractivity contribution in [2.75, 3.05) is 20.2 Å². The molecule has 0 bridgehead atoms. The molecule has 3 heteroatoms. The zero-order valence-electron chi connectivity index (χ0n) is 15.0. The third-order valence-corrected chi connectivity index (χ3v) is 4.95. The van der Waals surface area contributed by atoms with E-state index in [0.717, 1.165) is 36.3 Å². The van der Waals surface area contributed by atoms with Gasteiger partial charge in [0.2, 0.25) is 0 Å². The Hall–Kier alpha value is -1.32. The highest BCUT2D eigenvalue weighted by Crippen LogP contribution is 2.20. The second-order valence-corrected chi connectivity index (χ2v) is 7.36. The minimum atomic E-state index is 0.704. The largest absolute Gasteiger partial charge is 0.496 e. The molecule has 130 valence electrons. The van der Waals surface area contributed by atoms with Gasteiger partial charge >= 0.3 is 0 Å². The number of hydrogen-bond acceptors (Lipinski definition) is 2. The molecule has 0 aliphatic rings. The van der Waals surface area contributed by atoms with Crippen LogP contribution in [0.3, 0.4) is 0 Å². The first kappa shape index (κ1) is 19.0. The van der Waals surface area contributed by atoms with Gasteiger partial charge in [-0.3, -0.25) is 4.90 Å². The van der Waals surface area contributed by atoms with Crippen molar-refractivity contribution in [2.24, 2.45) is 5.92 Å². The van der Waals surface area contributed by atoms with E-state index >= 15 is 0 Å². The van der Waals surface area contributed by atoms with E-state index in [-0.39, 0.29) is 0 Å². The van der Waals surface area contributed by atoms with E-state index in [4.69, 9.17) is 4.74 Å². The van der Waals surface area contributed by atoms with Crippen molar-refractivity contribution in [1.82, 2.24) is 4.90 Å². The van der Waals surface area contributed by atoms with Crippen LogP contribution in [0.1, 0.15) is 31.4 Å². The van der Waals surface area contributed by atoms with Gasteiger partial charge in [0.25, 0.3) is 0 Å². The first-order valence-corrected chi connectivity index (χ1v) is 9.50. The summed E-state index contributed by atoms with van der Waals surface area (Å²) in [6, 6.07) is 16.9. The number of hydrogen-bond donors (Lipinski definition) is 0. The summed E-state index contributed by atoms with van der Waals surface area (Å²) in [6.07, 6.45) is 2.22. The third kappa shape index (κ3) is 5.95. The molecule has 2 aromatic carbocycles. The van der Waals surface area contributed by atoms with Gasteiger partial charge in [0, 0.05) is 24.1 Å². The summed E-state index contributed by atoms with van der Waals surface area (Å²) in [4.78, 5) is 2.56. The molecule has 0 spiro atoms. The van der Waals surface area contributed by atoms with Crippen LogP contribution in [0.2, 0.25) is 0 Å². The van der Waals surface area contributed by atoms with Crippen LogP contribution in [0.25, 0.3) is 0 Å². The zero-order valence-corrected chi connectivity index (χ0v) is 16.6. The highest BCUT2D eigenvalue weighted by Gasteiger charge is 2.12. The first-order chi connectivity index (χ1) is 11.6. The van der Waals surface area contributed by atoms with E-state index in [2.05, 4.69) is 71.1 Å². The lowest BCUT2D eigenvalue weighted by Gasteiger charge is -2.26. The van der Waals surface area contributed by atoms with Crippen molar-refractivity contribution in [3.8, 4) is 5.75 Å². The van der Waals surface area contributed by atoms with E-state index in [1.807, 2.05) is 12.1 Å². The van der Waals surface area contributed by atoms with Gasteiger partial charge in [-0.15, -0.1) is 0 Å². The smallest absolute Gasteiger partial charge is 0.122 e. The standard InChI is InChI=1S/C21H28BrNO/c1-4-17(2)15-23(16-18-8-7-10-20(22)14-18)13-12-19-9-5-6-11-21(19)24-3/h5-11,14,17H,4,12-13,15-16H2,1-3H3. The highest BCUT2D eigenvalue weighted by molar-refractivity contribution is 9.10. The van der Waals surface area contributed by atoms with Crippen LogP contribution in [-0.2, 0) is 13.0 Å². The molecule has 0 aliphatic carbocycles. The van der Waals surface area contributed by atoms with E-state index in [9.17, 15) is 0 Å². The number of nitrogens with zero attached hydrogens (tertiary/aromatic N) is 1. The average molecular weight is 390 g/mol. The Morgan fingerprint density at radius 3 is 2.62 bits per heavy atom. The van der Waals surface area contributed by atoms with Gasteiger partial charge in [0.05, 0.1) is 7.11 Å². The summed E-state index contributed by atoms with van der Waals surface area (Å²) < 4.78 is 6.64. The molecule has 0 fully saturated rings. The van der Waals surface area contributed by atoms with Crippen LogP contribution in [0.4, 0.5) is 0 Å². The third-order valence-electron chi connectivity index (χ3n) is 4.45. The molecule has 0 amide bonds. The van der Waals surface area contributed by atoms with Crippen LogP contribution < -0.4 is 4.74 Å².